The minimum absolute atomic E-state index is 0.0867. The van der Waals surface area contributed by atoms with E-state index in [-0.39, 0.29) is 10.7 Å². The molecule has 1 atom stereocenters. The number of carbonyl (C=O) groups excluding carboxylic acids is 1. The number of tetrazole rings is 1. The molecular formula is C22H15ClF3N5OS. The Labute approximate surface area is 195 Å². The number of nitrogens with zero attached hydrogens (tertiary/aromatic N) is 4. The first-order valence-electron chi connectivity index (χ1n) is 9.56. The molecule has 0 aliphatic heterocycles. The van der Waals surface area contributed by atoms with Crippen molar-refractivity contribution in [3.8, 4) is 5.69 Å². The molecule has 11 heteroatoms. The molecule has 0 radical (unpaired) electrons. The van der Waals surface area contributed by atoms with Crippen LogP contribution in [0.1, 0.15) is 16.4 Å². The number of hydrogen-bond acceptors (Lipinski definition) is 5. The standard InChI is InChI=1S/C22H15ClF3N5OS/c23-15-11-12-18(17(13-15)22(24,25)26)27-20(32)19(14-7-3-1-4-8-14)33-21-28-29-30-31(21)16-9-5-2-6-10-16/h1-13,19H,(H,27,32). The second-order valence-electron chi connectivity index (χ2n) is 6.79. The van der Waals surface area contributed by atoms with Gasteiger partial charge in [0.05, 0.1) is 16.9 Å². The molecule has 0 aliphatic rings. The van der Waals surface area contributed by atoms with Crippen LogP contribution in [-0.2, 0) is 11.0 Å². The molecule has 4 aromatic rings. The Kier molecular flexibility index (Phi) is 6.66. The van der Waals surface area contributed by atoms with Gasteiger partial charge in [-0.3, -0.25) is 4.79 Å². The fourth-order valence-corrected chi connectivity index (χ4v) is 4.22. The second-order valence-corrected chi connectivity index (χ2v) is 8.30. The number of carbonyl (C=O) groups is 1. The van der Waals surface area contributed by atoms with Crippen LogP contribution in [0.4, 0.5) is 18.9 Å². The SMILES string of the molecule is O=C(Nc1ccc(Cl)cc1C(F)(F)F)C(Sc1nnnn1-c1ccccc1)c1ccccc1. The molecule has 3 aromatic carbocycles. The predicted octanol–water partition coefficient (Wildman–Crippen LogP) is 5.81. The molecule has 0 spiro atoms. The average Bonchev–Trinajstić information content (AvgIpc) is 3.27. The van der Waals surface area contributed by atoms with Gasteiger partial charge in [-0.25, -0.2) is 0 Å². The number of thioether (sulfide) groups is 1. The van der Waals surface area contributed by atoms with Crippen molar-refractivity contribution in [2.75, 3.05) is 5.32 Å². The van der Waals surface area contributed by atoms with Crippen LogP contribution in [0.25, 0.3) is 5.69 Å². The average molecular weight is 490 g/mol. The molecule has 6 nitrogen and oxygen atoms in total. The number of hydrogen-bond donors (Lipinski definition) is 1. The third kappa shape index (κ3) is 5.35. The number of nitrogens with one attached hydrogen (secondary N) is 1. The van der Waals surface area contributed by atoms with Gasteiger partial charge in [0.25, 0.3) is 0 Å². The van der Waals surface area contributed by atoms with Gasteiger partial charge < -0.3 is 5.32 Å². The molecule has 1 amide bonds. The normalized spacial score (nSPS) is 12.4. The molecule has 1 aromatic heterocycles. The zero-order chi connectivity index (χ0) is 23.4. The lowest BCUT2D eigenvalue weighted by Gasteiger charge is -2.19. The molecule has 1 heterocycles. The number of anilines is 1. The zero-order valence-electron chi connectivity index (χ0n) is 16.7. The van der Waals surface area contributed by atoms with E-state index >= 15 is 0 Å². The highest BCUT2D eigenvalue weighted by Crippen LogP contribution is 2.39. The third-order valence-corrected chi connectivity index (χ3v) is 5.97. The Morgan fingerprint density at radius 3 is 2.33 bits per heavy atom. The third-order valence-electron chi connectivity index (χ3n) is 4.55. The maximum Gasteiger partial charge on any atom is 0.418 e. The molecular weight excluding hydrogens is 475 g/mol. The largest absolute Gasteiger partial charge is 0.418 e. The van der Waals surface area contributed by atoms with Crippen molar-refractivity contribution in [1.29, 1.82) is 0 Å². The van der Waals surface area contributed by atoms with Gasteiger partial charge in [-0.2, -0.15) is 17.9 Å². The Balaban J connectivity index is 1.68. The molecule has 1 N–H and O–H groups in total. The number of rotatable bonds is 6. The van der Waals surface area contributed by atoms with Crippen molar-refractivity contribution in [2.24, 2.45) is 0 Å². The van der Waals surface area contributed by atoms with Crippen LogP contribution in [0.15, 0.2) is 84.0 Å². The van der Waals surface area contributed by atoms with E-state index in [2.05, 4.69) is 20.8 Å². The number of para-hydroxylation sites is 1. The van der Waals surface area contributed by atoms with E-state index in [1.165, 1.54) is 10.7 Å². The van der Waals surface area contributed by atoms with Crippen LogP contribution in [-0.4, -0.2) is 26.1 Å². The van der Waals surface area contributed by atoms with Crippen LogP contribution < -0.4 is 5.32 Å². The maximum absolute atomic E-state index is 13.5. The number of alkyl halides is 3. The summed E-state index contributed by atoms with van der Waals surface area (Å²) < 4.78 is 42.0. The van der Waals surface area contributed by atoms with Crippen molar-refractivity contribution in [1.82, 2.24) is 20.2 Å². The van der Waals surface area contributed by atoms with Crippen LogP contribution >= 0.6 is 23.4 Å². The zero-order valence-corrected chi connectivity index (χ0v) is 18.3. The summed E-state index contributed by atoms with van der Waals surface area (Å²) in [5, 5.41) is 13.3. The smallest absolute Gasteiger partial charge is 0.324 e. The van der Waals surface area contributed by atoms with Crippen LogP contribution in [0.3, 0.4) is 0 Å². The van der Waals surface area contributed by atoms with E-state index in [4.69, 9.17) is 11.6 Å². The maximum atomic E-state index is 13.5. The van der Waals surface area contributed by atoms with Crippen LogP contribution in [0, 0.1) is 0 Å². The lowest BCUT2D eigenvalue weighted by molar-refractivity contribution is -0.137. The summed E-state index contributed by atoms with van der Waals surface area (Å²) in [6, 6.07) is 20.9. The van der Waals surface area contributed by atoms with Gasteiger partial charge in [0.1, 0.15) is 5.25 Å². The van der Waals surface area contributed by atoms with E-state index in [1.807, 2.05) is 18.2 Å². The Morgan fingerprint density at radius 1 is 1.00 bits per heavy atom. The monoisotopic (exact) mass is 489 g/mol. The lowest BCUT2D eigenvalue weighted by atomic mass is 10.1. The minimum atomic E-state index is -4.69. The first-order valence-corrected chi connectivity index (χ1v) is 10.8. The van der Waals surface area contributed by atoms with Gasteiger partial charge in [-0.15, -0.1) is 5.10 Å². The number of halogens is 4. The summed E-state index contributed by atoms with van der Waals surface area (Å²) in [6.45, 7) is 0. The number of amides is 1. The topological polar surface area (TPSA) is 72.7 Å². The Hall–Kier alpha value is -3.37. The van der Waals surface area contributed by atoms with E-state index < -0.39 is 22.9 Å². The van der Waals surface area contributed by atoms with Gasteiger partial charge in [0.15, 0.2) is 0 Å². The molecule has 0 aliphatic carbocycles. The first kappa shape index (κ1) is 22.8. The molecule has 168 valence electrons. The van der Waals surface area contributed by atoms with Crippen molar-refractivity contribution in [2.45, 2.75) is 16.6 Å². The summed E-state index contributed by atoms with van der Waals surface area (Å²) in [5.74, 6) is -0.665. The predicted molar refractivity (Wildman–Crippen MR) is 119 cm³/mol. The summed E-state index contributed by atoms with van der Waals surface area (Å²) in [7, 11) is 0. The quantitative estimate of drug-likeness (QED) is 0.346. The molecule has 0 bridgehead atoms. The van der Waals surface area contributed by atoms with E-state index in [9.17, 15) is 18.0 Å². The molecule has 0 saturated carbocycles. The van der Waals surface area contributed by atoms with Gasteiger partial charge in [-0.05, 0) is 46.3 Å². The lowest BCUT2D eigenvalue weighted by Crippen LogP contribution is -2.22. The fraction of sp³-hybridized carbons (Fsp3) is 0.0909. The van der Waals surface area contributed by atoms with Crippen molar-refractivity contribution < 1.29 is 18.0 Å². The van der Waals surface area contributed by atoms with Gasteiger partial charge in [-0.1, -0.05) is 71.9 Å². The number of aromatic nitrogens is 4. The van der Waals surface area contributed by atoms with Crippen LogP contribution in [0.2, 0.25) is 5.02 Å². The van der Waals surface area contributed by atoms with Crippen molar-refractivity contribution in [3.05, 3.63) is 95.0 Å². The Morgan fingerprint density at radius 2 is 1.67 bits per heavy atom. The van der Waals surface area contributed by atoms with Gasteiger partial charge in [0.2, 0.25) is 11.1 Å². The summed E-state index contributed by atoms with van der Waals surface area (Å²) in [5.41, 5.74) is -0.172. The fourth-order valence-electron chi connectivity index (χ4n) is 3.05. The highest BCUT2D eigenvalue weighted by molar-refractivity contribution is 8.00. The van der Waals surface area contributed by atoms with Crippen molar-refractivity contribution in [3.63, 3.8) is 0 Å². The summed E-state index contributed by atoms with van der Waals surface area (Å²) in [6.07, 6.45) is -4.69. The van der Waals surface area contributed by atoms with Crippen molar-refractivity contribution >= 4 is 35.0 Å². The summed E-state index contributed by atoms with van der Waals surface area (Å²) in [4.78, 5) is 13.2. The van der Waals surface area contributed by atoms with E-state index in [0.29, 0.717) is 16.4 Å². The van der Waals surface area contributed by atoms with E-state index in [1.54, 1.807) is 42.5 Å². The van der Waals surface area contributed by atoms with Crippen LogP contribution in [0.5, 0.6) is 0 Å². The number of benzene rings is 3. The molecule has 1 unspecified atom stereocenters. The molecule has 33 heavy (non-hydrogen) atoms. The second kappa shape index (κ2) is 9.63. The highest BCUT2D eigenvalue weighted by Gasteiger charge is 2.35. The van der Waals surface area contributed by atoms with Gasteiger partial charge in [0, 0.05) is 5.02 Å². The highest BCUT2D eigenvalue weighted by atomic mass is 35.5. The summed E-state index contributed by atoms with van der Waals surface area (Å²) >= 11 is 6.77. The molecule has 0 saturated heterocycles. The minimum Gasteiger partial charge on any atom is -0.324 e. The molecule has 4 rings (SSSR count). The van der Waals surface area contributed by atoms with E-state index in [0.717, 1.165) is 23.9 Å². The Bertz CT molecular complexity index is 1250. The molecule has 0 fully saturated rings. The first-order chi connectivity index (χ1) is 15.8. The van der Waals surface area contributed by atoms with Gasteiger partial charge >= 0.3 is 6.18 Å².